The molecule has 1 unspecified atom stereocenters. The molecule has 4 heteroatoms. The molecule has 1 amide bonds. The standard InChI is InChI=1S/C12H25N3O/c1-4-15(5-2)9-10(3)14-11(16)12(13)7-6-8-12/h10H,4-9,13H2,1-3H3,(H,14,16). The van der Waals surface area contributed by atoms with Crippen LogP contribution < -0.4 is 11.1 Å². The first-order chi connectivity index (χ1) is 7.51. The monoisotopic (exact) mass is 227 g/mol. The number of nitrogens with zero attached hydrogens (tertiary/aromatic N) is 1. The van der Waals surface area contributed by atoms with Gasteiger partial charge in [0.15, 0.2) is 0 Å². The molecule has 4 nitrogen and oxygen atoms in total. The average Bonchev–Trinajstić information content (AvgIpc) is 2.22. The molecule has 0 saturated heterocycles. The van der Waals surface area contributed by atoms with Gasteiger partial charge in [0.25, 0.3) is 0 Å². The second-order valence-corrected chi connectivity index (χ2v) is 4.87. The van der Waals surface area contributed by atoms with Crippen LogP contribution in [-0.2, 0) is 4.79 Å². The van der Waals surface area contributed by atoms with Crippen molar-refractivity contribution in [2.24, 2.45) is 5.73 Å². The minimum Gasteiger partial charge on any atom is -0.351 e. The molecule has 0 spiro atoms. The normalized spacial score (nSPS) is 20.3. The van der Waals surface area contributed by atoms with Crippen LogP contribution in [0.15, 0.2) is 0 Å². The molecule has 0 aliphatic heterocycles. The van der Waals surface area contributed by atoms with Gasteiger partial charge in [-0.1, -0.05) is 13.8 Å². The molecule has 0 aromatic rings. The smallest absolute Gasteiger partial charge is 0.240 e. The molecular formula is C12H25N3O. The molecule has 0 heterocycles. The van der Waals surface area contributed by atoms with Crippen molar-refractivity contribution in [3.8, 4) is 0 Å². The number of rotatable bonds is 6. The van der Waals surface area contributed by atoms with Crippen molar-refractivity contribution in [2.45, 2.75) is 51.6 Å². The van der Waals surface area contributed by atoms with Crippen LogP contribution in [0.2, 0.25) is 0 Å². The second kappa shape index (κ2) is 5.64. The predicted molar refractivity (Wildman–Crippen MR) is 66.2 cm³/mol. The summed E-state index contributed by atoms with van der Waals surface area (Å²) < 4.78 is 0. The van der Waals surface area contributed by atoms with Crippen molar-refractivity contribution in [1.29, 1.82) is 0 Å². The maximum Gasteiger partial charge on any atom is 0.240 e. The molecule has 1 saturated carbocycles. The Morgan fingerprint density at radius 2 is 2.00 bits per heavy atom. The van der Waals surface area contributed by atoms with Gasteiger partial charge in [0, 0.05) is 12.6 Å². The zero-order valence-electron chi connectivity index (χ0n) is 10.8. The fourth-order valence-electron chi connectivity index (χ4n) is 2.07. The quantitative estimate of drug-likeness (QED) is 0.703. The van der Waals surface area contributed by atoms with Gasteiger partial charge in [-0.2, -0.15) is 0 Å². The summed E-state index contributed by atoms with van der Waals surface area (Å²) in [6.07, 6.45) is 2.74. The Labute approximate surface area is 98.6 Å². The van der Waals surface area contributed by atoms with E-state index in [1.807, 2.05) is 6.92 Å². The van der Waals surface area contributed by atoms with E-state index in [-0.39, 0.29) is 11.9 Å². The Morgan fingerprint density at radius 1 is 1.44 bits per heavy atom. The summed E-state index contributed by atoms with van der Waals surface area (Å²) in [7, 11) is 0. The van der Waals surface area contributed by atoms with Crippen molar-refractivity contribution in [3.05, 3.63) is 0 Å². The second-order valence-electron chi connectivity index (χ2n) is 4.87. The minimum absolute atomic E-state index is 0.0263. The molecule has 1 rings (SSSR count). The topological polar surface area (TPSA) is 58.4 Å². The van der Waals surface area contributed by atoms with Crippen LogP contribution in [0.5, 0.6) is 0 Å². The van der Waals surface area contributed by atoms with Crippen molar-refractivity contribution in [2.75, 3.05) is 19.6 Å². The van der Waals surface area contributed by atoms with Crippen molar-refractivity contribution in [3.63, 3.8) is 0 Å². The van der Waals surface area contributed by atoms with E-state index in [0.717, 1.165) is 38.9 Å². The first-order valence-corrected chi connectivity index (χ1v) is 6.34. The van der Waals surface area contributed by atoms with Gasteiger partial charge in [0.1, 0.15) is 0 Å². The third-order valence-electron chi connectivity index (χ3n) is 3.50. The van der Waals surface area contributed by atoms with Crippen molar-refractivity contribution in [1.82, 2.24) is 10.2 Å². The Balaban J connectivity index is 2.33. The first-order valence-electron chi connectivity index (χ1n) is 6.34. The first kappa shape index (κ1) is 13.5. The van der Waals surface area contributed by atoms with Gasteiger partial charge in [-0.15, -0.1) is 0 Å². The van der Waals surface area contributed by atoms with Gasteiger partial charge < -0.3 is 16.0 Å². The highest BCUT2D eigenvalue weighted by Crippen LogP contribution is 2.29. The van der Waals surface area contributed by atoms with E-state index in [1.165, 1.54) is 0 Å². The Hall–Kier alpha value is -0.610. The maximum atomic E-state index is 11.9. The number of hydrogen-bond donors (Lipinski definition) is 2. The molecule has 94 valence electrons. The molecule has 1 aliphatic rings. The van der Waals surface area contributed by atoms with Crippen molar-refractivity contribution >= 4 is 5.91 Å². The third-order valence-corrected chi connectivity index (χ3v) is 3.50. The zero-order chi connectivity index (χ0) is 12.2. The van der Waals surface area contributed by atoms with Crippen LogP contribution in [0.4, 0.5) is 0 Å². The predicted octanol–water partition coefficient (Wildman–Crippen LogP) is 0.714. The highest BCUT2D eigenvalue weighted by atomic mass is 16.2. The number of nitrogens with two attached hydrogens (primary N) is 1. The van der Waals surface area contributed by atoms with Gasteiger partial charge in [-0.25, -0.2) is 0 Å². The van der Waals surface area contributed by atoms with E-state index >= 15 is 0 Å². The van der Waals surface area contributed by atoms with Gasteiger partial charge >= 0.3 is 0 Å². The third kappa shape index (κ3) is 3.19. The SMILES string of the molecule is CCN(CC)CC(C)NC(=O)C1(N)CCC1. The molecule has 3 N–H and O–H groups in total. The lowest BCUT2D eigenvalue weighted by atomic mass is 9.77. The van der Waals surface area contributed by atoms with Crippen LogP contribution in [-0.4, -0.2) is 42.0 Å². The lowest BCUT2D eigenvalue weighted by Gasteiger charge is -2.37. The molecule has 1 fully saturated rings. The van der Waals surface area contributed by atoms with Gasteiger partial charge in [-0.3, -0.25) is 4.79 Å². The lowest BCUT2D eigenvalue weighted by molar-refractivity contribution is -0.130. The summed E-state index contributed by atoms with van der Waals surface area (Å²) in [6, 6.07) is 0.174. The summed E-state index contributed by atoms with van der Waals surface area (Å²) >= 11 is 0. The maximum absolute atomic E-state index is 11.9. The van der Waals surface area contributed by atoms with E-state index in [4.69, 9.17) is 5.73 Å². The molecule has 1 atom stereocenters. The number of nitrogens with one attached hydrogen (secondary N) is 1. The summed E-state index contributed by atoms with van der Waals surface area (Å²) in [5, 5.41) is 3.02. The van der Waals surface area contributed by atoms with E-state index in [0.29, 0.717) is 0 Å². The Bertz CT molecular complexity index is 234. The molecule has 16 heavy (non-hydrogen) atoms. The molecular weight excluding hydrogens is 202 g/mol. The van der Waals surface area contributed by atoms with E-state index in [1.54, 1.807) is 0 Å². The van der Waals surface area contributed by atoms with Crippen molar-refractivity contribution < 1.29 is 4.79 Å². The number of carbonyl (C=O) groups excluding carboxylic acids is 1. The summed E-state index contributed by atoms with van der Waals surface area (Å²) in [6.45, 7) is 9.24. The highest BCUT2D eigenvalue weighted by molar-refractivity contribution is 5.87. The molecule has 1 aliphatic carbocycles. The van der Waals surface area contributed by atoms with E-state index in [9.17, 15) is 4.79 Å². The van der Waals surface area contributed by atoms with Gasteiger partial charge in [-0.05, 0) is 39.3 Å². The number of likely N-dealkylation sites (N-methyl/N-ethyl adjacent to an activating group) is 1. The summed E-state index contributed by atoms with van der Waals surface area (Å²) in [4.78, 5) is 14.2. The van der Waals surface area contributed by atoms with E-state index < -0.39 is 5.54 Å². The lowest BCUT2D eigenvalue weighted by Crippen LogP contribution is -2.60. The van der Waals surface area contributed by atoms with E-state index in [2.05, 4.69) is 24.1 Å². The molecule has 0 radical (unpaired) electrons. The van der Waals surface area contributed by atoms with Gasteiger partial charge in [0.2, 0.25) is 5.91 Å². The average molecular weight is 227 g/mol. The Morgan fingerprint density at radius 3 is 2.38 bits per heavy atom. The number of carbonyl (C=O) groups is 1. The van der Waals surface area contributed by atoms with Crippen LogP contribution in [0.1, 0.15) is 40.0 Å². The fourth-order valence-corrected chi connectivity index (χ4v) is 2.07. The van der Waals surface area contributed by atoms with Crippen LogP contribution in [0.3, 0.4) is 0 Å². The molecule has 0 aromatic heterocycles. The molecule has 0 bridgehead atoms. The van der Waals surface area contributed by atoms with Crippen LogP contribution in [0.25, 0.3) is 0 Å². The van der Waals surface area contributed by atoms with Crippen LogP contribution in [0, 0.1) is 0 Å². The Kier molecular flexibility index (Phi) is 4.74. The largest absolute Gasteiger partial charge is 0.351 e. The summed E-state index contributed by atoms with van der Waals surface area (Å²) in [5.74, 6) is 0.0263. The molecule has 0 aromatic carbocycles. The number of hydrogen-bond acceptors (Lipinski definition) is 3. The minimum atomic E-state index is -0.572. The highest BCUT2D eigenvalue weighted by Gasteiger charge is 2.40. The zero-order valence-corrected chi connectivity index (χ0v) is 10.8. The van der Waals surface area contributed by atoms with Gasteiger partial charge in [0.05, 0.1) is 5.54 Å². The fraction of sp³-hybridized carbons (Fsp3) is 0.917. The van der Waals surface area contributed by atoms with Crippen LogP contribution >= 0.6 is 0 Å². The summed E-state index contributed by atoms with van der Waals surface area (Å²) in [5.41, 5.74) is 5.39. The number of amides is 1.